The van der Waals surface area contributed by atoms with Gasteiger partial charge in [0.05, 0.1) is 7.11 Å². The van der Waals surface area contributed by atoms with Crippen molar-refractivity contribution < 1.29 is 9.53 Å². The van der Waals surface area contributed by atoms with Gasteiger partial charge in [0, 0.05) is 18.5 Å². The third kappa shape index (κ3) is 3.85. The summed E-state index contributed by atoms with van der Waals surface area (Å²) in [7, 11) is 1.62. The third-order valence-electron chi connectivity index (χ3n) is 2.92. The lowest BCUT2D eigenvalue weighted by Crippen LogP contribution is -2.06. The van der Waals surface area contributed by atoms with Gasteiger partial charge in [-0.1, -0.05) is 24.3 Å². The number of nitrogen functional groups attached to an aromatic ring is 1. The Morgan fingerprint density at radius 2 is 1.74 bits per heavy atom. The minimum atomic E-state index is 0.179. The van der Waals surface area contributed by atoms with Crippen molar-refractivity contribution in [3.05, 3.63) is 59.7 Å². The van der Waals surface area contributed by atoms with Gasteiger partial charge in [-0.2, -0.15) is 0 Å². The van der Waals surface area contributed by atoms with Crippen LogP contribution < -0.4 is 10.5 Å². The molecule has 0 fully saturated rings. The molecule has 0 atom stereocenters. The summed E-state index contributed by atoms with van der Waals surface area (Å²) in [6.07, 6.45) is 0.846. The normalized spacial score (nSPS) is 10.2. The first-order chi connectivity index (χ1) is 9.17. The SMILES string of the molecule is COc1cccc(CC(=O)Cc2ccc(N)cc2)c1. The summed E-state index contributed by atoms with van der Waals surface area (Å²) in [6, 6.07) is 15.0. The molecule has 0 saturated heterocycles. The zero-order chi connectivity index (χ0) is 13.7. The Labute approximate surface area is 113 Å². The average Bonchev–Trinajstić information content (AvgIpc) is 2.41. The molecular weight excluding hydrogens is 238 g/mol. The first-order valence-corrected chi connectivity index (χ1v) is 6.16. The number of benzene rings is 2. The van der Waals surface area contributed by atoms with E-state index in [0.717, 1.165) is 16.9 Å². The first kappa shape index (κ1) is 13.1. The van der Waals surface area contributed by atoms with Crippen LogP contribution in [0.4, 0.5) is 5.69 Å². The van der Waals surface area contributed by atoms with Crippen molar-refractivity contribution in [3.8, 4) is 5.75 Å². The van der Waals surface area contributed by atoms with Crippen LogP contribution in [0.15, 0.2) is 48.5 Å². The minimum absolute atomic E-state index is 0.179. The van der Waals surface area contributed by atoms with Crippen LogP contribution in [0.2, 0.25) is 0 Å². The molecule has 0 heterocycles. The van der Waals surface area contributed by atoms with E-state index in [4.69, 9.17) is 10.5 Å². The number of ketones is 1. The van der Waals surface area contributed by atoms with Crippen LogP contribution in [0, 0.1) is 0 Å². The number of Topliss-reactive ketones (excluding diaryl/α,β-unsaturated/α-hetero) is 1. The van der Waals surface area contributed by atoms with E-state index < -0.39 is 0 Å². The smallest absolute Gasteiger partial charge is 0.141 e. The van der Waals surface area contributed by atoms with E-state index in [1.807, 2.05) is 48.5 Å². The number of carbonyl (C=O) groups is 1. The second kappa shape index (κ2) is 6.05. The number of nitrogens with two attached hydrogens (primary N) is 1. The Bertz CT molecular complexity index is 561. The van der Waals surface area contributed by atoms with Gasteiger partial charge in [0.15, 0.2) is 0 Å². The Balaban J connectivity index is 1.99. The maximum atomic E-state index is 12.0. The molecule has 2 aromatic carbocycles. The zero-order valence-corrected chi connectivity index (χ0v) is 10.9. The molecule has 0 aliphatic heterocycles. The summed E-state index contributed by atoms with van der Waals surface area (Å²) >= 11 is 0. The highest BCUT2D eigenvalue weighted by Crippen LogP contribution is 2.14. The second-order valence-corrected chi connectivity index (χ2v) is 4.49. The number of ether oxygens (including phenoxy) is 1. The van der Waals surface area contributed by atoms with E-state index in [2.05, 4.69) is 0 Å². The fourth-order valence-corrected chi connectivity index (χ4v) is 1.94. The molecule has 0 unspecified atom stereocenters. The largest absolute Gasteiger partial charge is 0.497 e. The van der Waals surface area contributed by atoms with Crippen molar-refractivity contribution in [1.82, 2.24) is 0 Å². The molecule has 0 bridgehead atoms. The van der Waals surface area contributed by atoms with E-state index in [-0.39, 0.29) is 5.78 Å². The molecule has 19 heavy (non-hydrogen) atoms. The van der Waals surface area contributed by atoms with Gasteiger partial charge in [0.25, 0.3) is 0 Å². The number of carbonyl (C=O) groups excluding carboxylic acids is 1. The van der Waals surface area contributed by atoms with Gasteiger partial charge in [-0.25, -0.2) is 0 Å². The van der Waals surface area contributed by atoms with Crippen LogP contribution >= 0.6 is 0 Å². The lowest BCUT2D eigenvalue weighted by molar-refractivity contribution is -0.117. The van der Waals surface area contributed by atoms with Crippen LogP contribution in [0.5, 0.6) is 5.75 Å². The third-order valence-corrected chi connectivity index (χ3v) is 2.92. The Hall–Kier alpha value is -2.29. The van der Waals surface area contributed by atoms with Crippen LogP contribution in [-0.4, -0.2) is 12.9 Å². The zero-order valence-electron chi connectivity index (χ0n) is 10.9. The number of rotatable bonds is 5. The van der Waals surface area contributed by atoms with Crippen molar-refractivity contribution in [3.63, 3.8) is 0 Å². The lowest BCUT2D eigenvalue weighted by atomic mass is 10.0. The molecule has 2 aromatic rings. The molecule has 0 spiro atoms. The molecule has 0 aliphatic carbocycles. The van der Waals surface area contributed by atoms with Crippen LogP contribution in [0.25, 0.3) is 0 Å². The fourth-order valence-electron chi connectivity index (χ4n) is 1.94. The topological polar surface area (TPSA) is 52.3 Å². The van der Waals surface area contributed by atoms with Crippen molar-refractivity contribution in [1.29, 1.82) is 0 Å². The van der Waals surface area contributed by atoms with E-state index in [9.17, 15) is 4.79 Å². The average molecular weight is 255 g/mol. The number of hydrogen-bond donors (Lipinski definition) is 1. The fraction of sp³-hybridized carbons (Fsp3) is 0.188. The second-order valence-electron chi connectivity index (χ2n) is 4.49. The molecule has 0 saturated carbocycles. The van der Waals surface area contributed by atoms with Gasteiger partial charge < -0.3 is 10.5 Å². The first-order valence-electron chi connectivity index (χ1n) is 6.16. The van der Waals surface area contributed by atoms with E-state index in [0.29, 0.717) is 18.5 Å². The Kier molecular flexibility index (Phi) is 4.18. The Morgan fingerprint density at radius 1 is 1.05 bits per heavy atom. The summed E-state index contributed by atoms with van der Waals surface area (Å²) in [6.45, 7) is 0. The van der Waals surface area contributed by atoms with Crippen molar-refractivity contribution in [2.75, 3.05) is 12.8 Å². The molecule has 2 rings (SSSR count). The highest BCUT2D eigenvalue weighted by molar-refractivity contribution is 5.83. The maximum absolute atomic E-state index is 12.0. The predicted molar refractivity (Wildman–Crippen MR) is 76.3 cm³/mol. The van der Waals surface area contributed by atoms with Gasteiger partial charge in [-0.3, -0.25) is 4.79 Å². The molecule has 0 aromatic heterocycles. The van der Waals surface area contributed by atoms with Crippen molar-refractivity contribution in [2.24, 2.45) is 0 Å². The van der Waals surface area contributed by atoms with E-state index in [1.165, 1.54) is 0 Å². The van der Waals surface area contributed by atoms with Gasteiger partial charge in [-0.05, 0) is 35.4 Å². The predicted octanol–water partition coefficient (Wildman–Crippen LogP) is 2.63. The number of hydrogen-bond acceptors (Lipinski definition) is 3. The lowest BCUT2D eigenvalue weighted by Gasteiger charge is -2.05. The van der Waals surface area contributed by atoms with Crippen LogP contribution in [-0.2, 0) is 17.6 Å². The van der Waals surface area contributed by atoms with Crippen LogP contribution in [0.3, 0.4) is 0 Å². The van der Waals surface area contributed by atoms with Crippen LogP contribution in [0.1, 0.15) is 11.1 Å². The highest BCUT2D eigenvalue weighted by Gasteiger charge is 2.06. The number of methoxy groups -OCH3 is 1. The summed E-state index contributed by atoms with van der Waals surface area (Å²) < 4.78 is 5.14. The maximum Gasteiger partial charge on any atom is 0.141 e. The molecule has 2 N–H and O–H groups in total. The van der Waals surface area contributed by atoms with E-state index in [1.54, 1.807) is 7.11 Å². The van der Waals surface area contributed by atoms with E-state index >= 15 is 0 Å². The summed E-state index contributed by atoms with van der Waals surface area (Å²) in [5, 5.41) is 0. The molecule has 3 nitrogen and oxygen atoms in total. The minimum Gasteiger partial charge on any atom is -0.497 e. The van der Waals surface area contributed by atoms with Gasteiger partial charge >= 0.3 is 0 Å². The van der Waals surface area contributed by atoms with Gasteiger partial charge in [-0.15, -0.1) is 0 Å². The molecule has 3 heteroatoms. The molecule has 0 amide bonds. The monoisotopic (exact) mass is 255 g/mol. The number of anilines is 1. The summed E-state index contributed by atoms with van der Waals surface area (Å²) in [5.41, 5.74) is 8.29. The van der Waals surface area contributed by atoms with Gasteiger partial charge in [0.2, 0.25) is 0 Å². The van der Waals surface area contributed by atoms with Crippen molar-refractivity contribution in [2.45, 2.75) is 12.8 Å². The summed E-state index contributed by atoms with van der Waals surface area (Å²) in [5.74, 6) is 0.954. The quantitative estimate of drug-likeness (QED) is 0.836. The Morgan fingerprint density at radius 3 is 2.42 bits per heavy atom. The molecule has 0 aliphatic rings. The highest BCUT2D eigenvalue weighted by atomic mass is 16.5. The summed E-state index contributed by atoms with van der Waals surface area (Å²) in [4.78, 5) is 12.0. The molecule has 0 radical (unpaired) electrons. The van der Waals surface area contributed by atoms with Gasteiger partial charge in [0.1, 0.15) is 11.5 Å². The van der Waals surface area contributed by atoms with Crippen molar-refractivity contribution >= 4 is 11.5 Å². The molecular formula is C16H17NO2. The standard InChI is InChI=1S/C16H17NO2/c1-19-16-4-2-3-13(11-16)10-15(18)9-12-5-7-14(17)8-6-12/h2-8,11H,9-10,17H2,1H3. The molecule has 98 valence electrons.